The summed E-state index contributed by atoms with van der Waals surface area (Å²) in [6.07, 6.45) is 1.03. The lowest BCUT2D eigenvalue weighted by Gasteiger charge is -2.08. The fraction of sp³-hybridized carbons (Fsp3) is 0.312. The molecule has 0 radical (unpaired) electrons. The number of benzene rings is 1. The molecule has 4 rings (SSSR count). The van der Waals surface area contributed by atoms with Crippen LogP contribution in [0.3, 0.4) is 0 Å². The summed E-state index contributed by atoms with van der Waals surface area (Å²) in [6.45, 7) is 1.63. The van der Waals surface area contributed by atoms with E-state index in [9.17, 15) is 9.59 Å². The highest BCUT2D eigenvalue weighted by molar-refractivity contribution is 6.39. The van der Waals surface area contributed by atoms with E-state index in [4.69, 9.17) is 14.3 Å². The zero-order valence-electron chi connectivity index (χ0n) is 11.8. The number of esters is 2. The van der Waals surface area contributed by atoms with Gasteiger partial charge in [0.05, 0.1) is 5.92 Å². The van der Waals surface area contributed by atoms with Crippen molar-refractivity contribution in [1.82, 2.24) is 0 Å². The van der Waals surface area contributed by atoms with E-state index in [0.29, 0.717) is 12.0 Å². The van der Waals surface area contributed by atoms with E-state index in [1.807, 2.05) is 24.3 Å². The Balaban J connectivity index is 1.55. The molecule has 0 N–H and O–H groups in total. The van der Waals surface area contributed by atoms with Crippen molar-refractivity contribution in [3.8, 4) is 0 Å². The highest BCUT2D eigenvalue weighted by Gasteiger charge is 2.48. The van der Waals surface area contributed by atoms with Crippen molar-refractivity contribution in [2.75, 3.05) is 0 Å². The van der Waals surface area contributed by atoms with Crippen molar-refractivity contribution in [1.29, 1.82) is 0 Å². The van der Waals surface area contributed by atoms with Crippen LogP contribution in [0.4, 0.5) is 0 Å². The van der Waals surface area contributed by atoms with Crippen LogP contribution in [0.5, 0.6) is 0 Å². The Morgan fingerprint density at radius 2 is 2.00 bits per heavy atom. The Morgan fingerprint density at radius 3 is 2.77 bits per heavy atom. The SMILES string of the molecule is CC1=CC(ON=C2C(=O)OC3c4ccccc4CC23)OC1=O. The van der Waals surface area contributed by atoms with Gasteiger partial charge in [-0.2, -0.15) is 0 Å². The second-order valence-corrected chi connectivity index (χ2v) is 5.54. The van der Waals surface area contributed by atoms with Crippen LogP contribution in [0, 0.1) is 5.92 Å². The second-order valence-electron chi connectivity index (χ2n) is 5.54. The molecule has 1 aromatic rings. The molecular formula is C16H13NO5. The summed E-state index contributed by atoms with van der Waals surface area (Å²) in [5.74, 6) is -1.06. The summed E-state index contributed by atoms with van der Waals surface area (Å²) in [7, 11) is 0. The number of hydrogen-bond acceptors (Lipinski definition) is 6. The number of carbonyl (C=O) groups excluding carboxylic acids is 2. The van der Waals surface area contributed by atoms with Gasteiger partial charge < -0.3 is 14.3 Å². The van der Waals surface area contributed by atoms with Gasteiger partial charge in [0.1, 0.15) is 6.10 Å². The molecule has 2 heterocycles. The molecule has 0 bridgehead atoms. The highest BCUT2D eigenvalue weighted by atomic mass is 16.8. The van der Waals surface area contributed by atoms with Gasteiger partial charge in [0, 0.05) is 11.6 Å². The molecule has 1 saturated heterocycles. The molecule has 1 aromatic carbocycles. The first-order valence-corrected chi connectivity index (χ1v) is 7.05. The molecule has 3 aliphatic rings. The molecule has 1 aliphatic carbocycles. The minimum absolute atomic E-state index is 0.146. The maximum atomic E-state index is 12.0. The Bertz CT molecular complexity index is 736. The van der Waals surface area contributed by atoms with E-state index in [1.165, 1.54) is 6.08 Å². The first kappa shape index (κ1) is 13.1. The normalized spacial score (nSPS) is 30.7. The van der Waals surface area contributed by atoms with E-state index >= 15 is 0 Å². The fourth-order valence-electron chi connectivity index (χ4n) is 3.04. The van der Waals surface area contributed by atoms with Crippen molar-refractivity contribution in [2.45, 2.75) is 25.7 Å². The largest absolute Gasteiger partial charge is 0.452 e. The zero-order valence-corrected chi connectivity index (χ0v) is 11.8. The maximum Gasteiger partial charge on any atom is 0.357 e. The van der Waals surface area contributed by atoms with E-state index in [0.717, 1.165) is 11.1 Å². The number of hydrogen-bond donors (Lipinski definition) is 0. The molecule has 0 spiro atoms. The van der Waals surface area contributed by atoms with Gasteiger partial charge in [-0.05, 0) is 24.5 Å². The molecular weight excluding hydrogens is 286 g/mol. The Hall–Kier alpha value is -2.63. The topological polar surface area (TPSA) is 74.2 Å². The third kappa shape index (κ3) is 1.91. The van der Waals surface area contributed by atoms with Crippen LogP contribution in [-0.2, 0) is 30.3 Å². The molecule has 3 unspecified atom stereocenters. The van der Waals surface area contributed by atoms with Crippen LogP contribution in [0.1, 0.15) is 24.2 Å². The molecule has 0 aromatic heterocycles. The number of rotatable bonds is 2. The highest BCUT2D eigenvalue weighted by Crippen LogP contribution is 2.43. The number of fused-ring (bicyclic) bond motifs is 3. The van der Waals surface area contributed by atoms with Crippen LogP contribution in [-0.4, -0.2) is 23.9 Å². The molecule has 0 saturated carbocycles. The van der Waals surface area contributed by atoms with Crippen LogP contribution in [0.15, 0.2) is 41.1 Å². The quantitative estimate of drug-likeness (QED) is 0.613. The molecule has 6 heteroatoms. The summed E-state index contributed by atoms with van der Waals surface area (Å²) in [5.41, 5.74) is 2.88. The summed E-state index contributed by atoms with van der Waals surface area (Å²) < 4.78 is 10.3. The first-order valence-electron chi connectivity index (χ1n) is 7.05. The first-order chi connectivity index (χ1) is 10.6. The zero-order chi connectivity index (χ0) is 15.3. The van der Waals surface area contributed by atoms with Gasteiger partial charge in [-0.3, -0.25) is 0 Å². The summed E-state index contributed by atoms with van der Waals surface area (Å²) in [5, 5.41) is 3.90. The van der Waals surface area contributed by atoms with Crippen molar-refractivity contribution in [2.24, 2.45) is 11.1 Å². The van der Waals surface area contributed by atoms with Gasteiger partial charge in [0.15, 0.2) is 5.71 Å². The Morgan fingerprint density at radius 1 is 1.18 bits per heavy atom. The molecule has 6 nitrogen and oxygen atoms in total. The predicted molar refractivity (Wildman–Crippen MR) is 74.6 cm³/mol. The minimum Gasteiger partial charge on any atom is -0.452 e. The fourth-order valence-corrected chi connectivity index (χ4v) is 3.04. The molecule has 112 valence electrons. The number of cyclic esters (lactones) is 1. The molecule has 1 fully saturated rings. The van der Waals surface area contributed by atoms with E-state index in [2.05, 4.69) is 5.16 Å². The summed E-state index contributed by atoms with van der Waals surface area (Å²) >= 11 is 0. The van der Waals surface area contributed by atoms with E-state index < -0.39 is 18.2 Å². The standard InChI is InChI=1S/C16H13NO5/c1-8-6-12(20-15(8)18)22-17-13-11-7-9-4-2-3-5-10(9)14(11)21-16(13)19/h2-6,11-12,14H,7H2,1H3. The van der Waals surface area contributed by atoms with Crippen LogP contribution in [0.25, 0.3) is 0 Å². The van der Waals surface area contributed by atoms with Crippen molar-refractivity contribution < 1.29 is 23.9 Å². The van der Waals surface area contributed by atoms with Gasteiger partial charge in [0.2, 0.25) is 0 Å². The van der Waals surface area contributed by atoms with E-state index in [1.54, 1.807) is 6.92 Å². The van der Waals surface area contributed by atoms with Crippen molar-refractivity contribution >= 4 is 17.7 Å². The predicted octanol–water partition coefficient (Wildman–Crippen LogP) is 1.66. The number of oxime groups is 1. The Kier molecular flexibility index (Phi) is 2.79. The average Bonchev–Trinajstić information content (AvgIpc) is 3.10. The lowest BCUT2D eigenvalue weighted by Crippen LogP contribution is -2.18. The molecule has 3 atom stereocenters. The van der Waals surface area contributed by atoms with Gasteiger partial charge in [-0.15, -0.1) is 0 Å². The van der Waals surface area contributed by atoms with E-state index in [-0.39, 0.29) is 17.7 Å². The van der Waals surface area contributed by atoms with Gasteiger partial charge in [-0.25, -0.2) is 9.59 Å². The van der Waals surface area contributed by atoms with Gasteiger partial charge in [0.25, 0.3) is 6.29 Å². The molecule has 0 amide bonds. The molecule has 2 aliphatic heterocycles. The van der Waals surface area contributed by atoms with Crippen molar-refractivity contribution in [3.05, 3.63) is 47.0 Å². The second kappa shape index (κ2) is 4.69. The number of carbonyl (C=O) groups is 2. The third-order valence-corrected chi connectivity index (χ3v) is 4.15. The molecule has 22 heavy (non-hydrogen) atoms. The average molecular weight is 299 g/mol. The smallest absolute Gasteiger partial charge is 0.357 e. The summed E-state index contributed by atoms with van der Waals surface area (Å²) in [4.78, 5) is 28.4. The van der Waals surface area contributed by atoms with Gasteiger partial charge in [-0.1, -0.05) is 29.4 Å². The van der Waals surface area contributed by atoms with Crippen LogP contribution in [0.2, 0.25) is 0 Å². The summed E-state index contributed by atoms with van der Waals surface area (Å²) in [6, 6.07) is 7.86. The lowest BCUT2D eigenvalue weighted by atomic mass is 10.0. The monoisotopic (exact) mass is 299 g/mol. The minimum atomic E-state index is -0.879. The third-order valence-electron chi connectivity index (χ3n) is 4.15. The lowest BCUT2D eigenvalue weighted by molar-refractivity contribution is -0.158. The van der Waals surface area contributed by atoms with Gasteiger partial charge >= 0.3 is 11.9 Å². The maximum absolute atomic E-state index is 12.0. The number of ether oxygens (including phenoxy) is 2. The van der Waals surface area contributed by atoms with Crippen molar-refractivity contribution in [3.63, 3.8) is 0 Å². The van der Waals surface area contributed by atoms with Crippen LogP contribution < -0.4 is 0 Å². The number of nitrogens with zero attached hydrogens (tertiary/aromatic N) is 1. The Labute approximate surface area is 126 Å². The van der Waals surface area contributed by atoms with Crippen LogP contribution >= 0.6 is 0 Å².